The maximum Gasteiger partial charge on any atom is 0.0649 e. The molecule has 0 amide bonds. The van der Waals surface area contributed by atoms with E-state index in [2.05, 4.69) is 140 Å². The van der Waals surface area contributed by atoms with Crippen molar-refractivity contribution in [3.8, 4) is 0 Å². The van der Waals surface area contributed by atoms with Crippen LogP contribution in [0.5, 0.6) is 0 Å². The third-order valence-corrected chi connectivity index (χ3v) is 15.5. The van der Waals surface area contributed by atoms with Gasteiger partial charge in [0, 0.05) is 34.4 Å². The van der Waals surface area contributed by atoms with Gasteiger partial charge in [-0.2, -0.15) is 0 Å². The van der Waals surface area contributed by atoms with Crippen LogP contribution in [0.15, 0.2) is 127 Å². The van der Waals surface area contributed by atoms with Crippen molar-refractivity contribution in [2.75, 3.05) is 0 Å². The van der Waals surface area contributed by atoms with Gasteiger partial charge in [-0.3, -0.25) is 0 Å². The van der Waals surface area contributed by atoms with Crippen molar-refractivity contribution in [1.29, 1.82) is 10.8 Å². The van der Waals surface area contributed by atoms with Crippen molar-refractivity contribution in [2.24, 2.45) is 22.7 Å². The monoisotopic (exact) mass is 718 g/mol. The molecule has 0 spiro atoms. The number of rotatable bonds is 7. The molecule has 0 bridgehead atoms. The Hall–Kier alpha value is -4.82. The second kappa shape index (κ2) is 13.4. The first-order valence-electron chi connectivity index (χ1n) is 21.3. The van der Waals surface area contributed by atoms with Crippen molar-refractivity contribution < 1.29 is 0 Å². The lowest BCUT2D eigenvalue weighted by Gasteiger charge is -2.71. The van der Waals surface area contributed by atoms with Crippen molar-refractivity contribution in [3.05, 3.63) is 166 Å². The predicted molar refractivity (Wildman–Crippen MR) is 230 cm³/mol. The second-order valence-electron chi connectivity index (χ2n) is 17.7. The summed E-state index contributed by atoms with van der Waals surface area (Å²) >= 11 is 0. The quantitative estimate of drug-likeness (QED) is 0.157. The van der Waals surface area contributed by atoms with Crippen LogP contribution in [-0.2, 0) is 11.8 Å². The number of nitrogens with one attached hydrogen (secondary N) is 2. The summed E-state index contributed by atoms with van der Waals surface area (Å²) in [5, 5.41) is 24.3. The summed E-state index contributed by atoms with van der Waals surface area (Å²) in [4.78, 5) is 0. The smallest absolute Gasteiger partial charge is 0.0649 e. The molecule has 5 aliphatic rings. The summed E-state index contributed by atoms with van der Waals surface area (Å²) in [5.74, 6) is 0.744. The van der Waals surface area contributed by atoms with Crippen molar-refractivity contribution in [3.63, 3.8) is 0 Å². The van der Waals surface area contributed by atoms with Crippen LogP contribution in [0.1, 0.15) is 122 Å². The number of fused-ring (bicyclic) bond motifs is 4. The SMILES string of the molecule is CC1=Cc2ccccc2C1C1(C2C=Cc3ccccc32)Cc2ccccc2C(C2CCCCC2)(C2CCCCC2)C1(C=N)C(=N)c1cccc2ccccc12. The van der Waals surface area contributed by atoms with Crippen LogP contribution in [0.4, 0.5) is 0 Å². The molecule has 5 aliphatic carbocycles. The Morgan fingerprint density at radius 1 is 0.655 bits per heavy atom. The van der Waals surface area contributed by atoms with Gasteiger partial charge in [-0.05, 0) is 95.0 Å². The minimum Gasteiger partial charge on any atom is -0.312 e. The van der Waals surface area contributed by atoms with E-state index in [0.717, 1.165) is 43.1 Å². The minimum atomic E-state index is -0.952. The molecule has 4 unspecified atom stereocenters. The van der Waals surface area contributed by atoms with E-state index >= 15 is 0 Å². The Morgan fingerprint density at radius 3 is 2.02 bits per heavy atom. The van der Waals surface area contributed by atoms with Crippen LogP contribution < -0.4 is 0 Å². The molecule has 55 heavy (non-hydrogen) atoms. The minimum absolute atomic E-state index is 0.0000415. The van der Waals surface area contributed by atoms with E-state index in [1.165, 1.54) is 82.9 Å². The zero-order chi connectivity index (χ0) is 37.2. The van der Waals surface area contributed by atoms with Crippen LogP contribution in [0.2, 0.25) is 0 Å². The molecule has 2 heteroatoms. The van der Waals surface area contributed by atoms with Crippen LogP contribution in [0, 0.1) is 33.5 Å². The molecule has 0 aromatic heterocycles. The average Bonchev–Trinajstić information content (AvgIpc) is 3.84. The standard InChI is InChI=1S/C53H54N2/c1-36-33-39-19-10-14-28-45(39)49(36)51(48-32-31-38-18-9-13-27-44(38)48)34-40-20-11-15-30-47(40)53(41-22-4-2-5-23-41,42-24-6-3-7-25-42)52(51,35-54)50(55)46-29-16-21-37-17-8-12-26-43(37)46/h8-21,26-33,35,41-42,48-49,54-55H,2-7,22-25,34H2,1H3. The summed E-state index contributed by atoms with van der Waals surface area (Å²) in [6.45, 7) is 2.37. The summed E-state index contributed by atoms with van der Waals surface area (Å²) in [6, 6.07) is 43.0. The van der Waals surface area contributed by atoms with E-state index in [9.17, 15) is 10.8 Å². The lowest BCUT2D eigenvalue weighted by molar-refractivity contribution is -0.0544. The topological polar surface area (TPSA) is 47.7 Å². The third-order valence-electron chi connectivity index (χ3n) is 15.5. The van der Waals surface area contributed by atoms with Gasteiger partial charge >= 0.3 is 0 Å². The Labute approximate surface area is 327 Å². The summed E-state index contributed by atoms with van der Waals surface area (Å²) < 4.78 is 0. The fourth-order valence-electron chi connectivity index (χ4n) is 13.8. The highest BCUT2D eigenvalue weighted by molar-refractivity contribution is 6.19. The third kappa shape index (κ3) is 4.73. The second-order valence-corrected chi connectivity index (χ2v) is 17.7. The zero-order valence-electron chi connectivity index (χ0n) is 32.4. The van der Waals surface area contributed by atoms with E-state index in [1.54, 1.807) is 0 Å². The number of hydrogen-bond acceptors (Lipinski definition) is 2. The lowest BCUT2D eigenvalue weighted by atomic mass is 9.30. The highest BCUT2D eigenvalue weighted by Gasteiger charge is 2.75. The average molecular weight is 719 g/mol. The van der Waals surface area contributed by atoms with Gasteiger partial charge in [-0.15, -0.1) is 0 Å². The number of benzene rings is 5. The molecule has 0 radical (unpaired) electrons. The van der Waals surface area contributed by atoms with Crippen molar-refractivity contribution in [1.82, 2.24) is 0 Å². The van der Waals surface area contributed by atoms with Gasteiger partial charge in [0.25, 0.3) is 0 Å². The molecule has 0 heterocycles. The van der Waals surface area contributed by atoms with E-state index in [-0.39, 0.29) is 11.8 Å². The van der Waals surface area contributed by atoms with Gasteiger partial charge in [0.05, 0.1) is 11.1 Å². The molecule has 2 saturated carbocycles. The van der Waals surface area contributed by atoms with Gasteiger partial charge in [0.15, 0.2) is 0 Å². The van der Waals surface area contributed by atoms with Crippen LogP contribution in [0.25, 0.3) is 22.9 Å². The molecule has 276 valence electrons. The Morgan fingerprint density at radius 2 is 1.27 bits per heavy atom. The molecule has 0 aliphatic heterocycles. The fraction of sp³-hybridized carbons (Fsp3) is 0.358. The van der Waals surface area contributed by atoms with Gasteiger partial charge in [-0.25, -0.2) is 0 Å². The molecule has 0 saturated heterocycles. The summed E-state index contributed by atoms with van der Waals surface area (Å²) in [7, 11) is 0. The van der Waals surface area contributed by atoms with Crippen molar-refractivity contribution >= 4 is 34.9 Å². The largest absolute Gasteiger partial charge is 0.312 e. The van der Waals surface area contributed by atoms with E-state index in [4.69, 9.17) is 0 Å². The first-order chi connectivity index (χ1) is 27.1. The maximum absolute atomic E-state index is 11.4. The molecular formula is C53H54N2. The van der Waals surface area contributed by atoms with E-state index < -0.39 is 16.2 Å². The number of allylic oxidation sites excluding steroid dienone is 2. The first-order valence-corrected chi connectivity index (χ1v) is 21.3. The Balaban J connectivity index is 1.42. The predicted octanol–water partition coefficient (Wildman–Crippen LogP) is 13.5. The van der Waals surface area contributed by atoms with Gasteiger partial charge in [-0.1, -0.05) is 178 Å². The van der Waals surface area contributed by atoms with Crippen molar-refractivity contribution in [2.45, 2.75) is 94.8 Å². The molecular weight excluding hydrogens is 665 g/mol. The molecule has 2 nitrogen and oxygen atoms in total. The lowest BCUT2D eigenvalue weighted by Crippen LogP contribution is -2.72. The summed E-state index contributed by atoms with van der Waals surface area (Å²) in [5.41, 5.74) is 9.28. The molecule has 5 aromatic carbocycles. The van der Waals surface area contributed by atoms with Crippen LogP contribution in [-0.4, -0.2) is 11.9 Å². The molecule has 2 fully saturated rings. The molecule has 4 atom stereocenters. The molecule has 10 rings (SSSR count). The maximum atomic E-state index is 11.4. The Kier molecular flexibility index (Phi) is 8.47. The Bertz CT molecular complexity index is 2340. The highest BCUT2D eigenvalue weighted by Crippen LogP contribution is 2.76. The highest BCUT2D eigenvalue weighted by atomic mass is 14.8. The fourth-order valence-corrected chi connectivity index (χ4v) is 13.8. The van der Waals surface area contributed by atoms with E-state index in [1.807, 2.05) is 6.21 Å². The van der Waals surface area contributed by atoms with Crippen LogP contribution in [0.3, 0.4) is 0 Å². The first kappa shape index (κ1) is 34.7. The normalized spacial score (nSPS) is 27.3. The van der Waals surface area contributed by atoms with Gasteiger partial charge in [0.2, 0.25) is 0 Å². The molecule has 5 aromatic rings. The van der Waals surface area contributed by atoms with Crippen LogP contribution >= 0.6 is 0 Å². The molecule has 2 N–H and O–H groups in total. The zero-order valence-corrected chi connectivity index (χ0v) is 32.4. The van der Waals surface area contributed by atoms with E-state index in [0.29, 0.717) is 17.5 Å². The number of hydrogen-bond donors (Lipinski definition) is 2. The summed E-state index contributed by atoms with van der Waals surface area (Å²) in [6.07, 6.45) is 22.2. The van der Waals surface area contributed by atoms with Gasteiger partial charge < -0.3 is 10.8 Å². The van der Waals surface area contributed by atoms with Gasteiger partial charge in [0.1, 0.15) is 0 Å².